The molecule has 1 aromatic carbocycles. The summed E-state index contributed by atoms with van der Waals surface area (Å²) in [7, 11) is 6.93. The summed E-state index contributed by atoms with van der Waals surface area (Å²) in [4.78, 5) is 70.1. The number of aliphatic hydroxyl groups excluding tert-OH is 2. The number of carbonyl (C=O) groups excluding carboxylic acids is 5. The summed E-state index contributed by atoms with van der Waals surface area (Å²) in [6, 6.07) is 0.909. The molecule has 0 fully saturated rings. The molecule has 0 radical (unpaired) electrons. The van der Waals surface area contributed by atoms with Crippen LogP contribution in [0.15, 0.2) is 28.7 Å². The predicted octanol–water partition coefficient (Wildman–Crippen LogP) is 2.40. The lowest BCUT2D eigenvalue weighted by Gasteiger charge is -2.46. The molecule has 3 aliphatic rings. The monoisotopic (exact) mass is 654 g/mol. The minimum Gasteiger partial charge on any atom is -0.511 e. The molecular weight excluding hydrogens is 608 g/mol. The quantitative estimate of drug-likeness (QED) is 0.238. The highest BCUT2D eigenvalue weighted by Crippen LogP contribution is 2.52. The molecule has 4 unspecified atom stereocenters. The standard InChI is InChI=1S/C34H46N4O9/c1-15(47-16(2)39)33(46)38(14-34(3,4)5)13-18-12-21(36(6)7)19-10-17-11-20-24(29(42)22(17)28(41)23(19)27(18)40)30(43)25(32(35)45)31(44)26(20)37(8)9/h12,15,17,20,24,26,40,42,44H,10-11,13-14H2,1-9H3,(H2,35,45)/t15?,17?,20?,24?,26-/m1/s1. The molecule has 13 nitrogen and oxygen atoms in total. The van der Waals surface area contributed by atoms with E-state index in [2.05, 4.69) is 0 Å². The zero-order chi connectivity index (χ0) is 35.4. The van der Waals surface area contributed by atoms with Crippen LogP contribution in [0.2, 0.25) is 0 Å². The van der Waals surface area contributed by atoms with Crippen molar-refractivity contribution in [3.05, 3.63) is 45.4 Å². The van der Waals surface area contributed by atoms with Crippen LogP contribution in [0.5, 0.6) is 5.75 Å². The molecule has 47 heavy (non-hydrogen) atoms. The summed E-state index contributed by atoms with van der Waals surface area (Å²) in [5, 5.41) is 34.3. The van der Waals surface area contributed by atoms with E-state index in [0.717, 1.165) is 0 Å². The van der Waals surface area contributed by atoms with Crippen LogP contribution < -0.4 is 10.6 Å². The van der Waals surface area contributed by atoms with E-state index in [-0.39, 0.29) is 53.8 Å². The van der Waals surface area contributed by atoms with Crippen molar-refractivity contribution < 1.29 is 44.0 Å². The number of anilines is 1. The Hall–Kier alpha value is -4.39. The van der Waals surface area contributed by atoms with Gasteiger partial charge in [0.2, 0.25) is 0 Å². The van der Waals surface area contributed by atoms with E-state index >= 15 is 0 Å². The van der Waals surface area contributed by atoms with Gasteiger partial charge in [-0.05, 0) is 62.7 Å². The second-order valence-electron chi connectivity index (χ2n) is 14.5. The van der Waals surface area contributed by atoms with Gasteiger partial charge in [0.15, 0.2) is 17.7 Å². The van der Waals surface area contributed by atoms with Crippen molar-refractivity contribution in [2.75, 3.05) is 39.6 Å². The average molecular weight is 655 g/mol. The number of aromatic hydroxyl groups is 1. The Balaban J connectivity index is 1.86. The Kier molecular flexibility index (Phi) is 9.56. The highest BCUT2D eigenvalue weighted by Gasteiger charge is 2.54. The van der Waals surface area contributed by atoms with Gasteiger partial charge in [-0.25, -0.2) is 0 Å². The van der Waals surface area contributed by atoms with Gasteiger partial charge < -0.3 is 35.6 Å². The Morgan fingerprint density at radius 1 is 1.06 bits per heavy atom. The van der Waals surface area contributed by atoms with E-state index in [1.807, 2.05) is 20.8 Å². The highest BCUT2D eigenvalue weighted by atomic mass is 16.5. The average Bonchev–Trinajstić information content (AvgIpc) is 2.91. The van der Waals surface area contributed by atoms with Gasteiger partial charge in [0.05, 0.1) is 17.5 Å². The fourth-order valence-corrected chi connectivity index (χ4v) is 7.44. The van der Waals surface area contributed by atoms with Crippen molar-refractivity contribution in [3.8, 4) is 5.75 Å². The van der Waals surface area contributed by atoms with Crippen LogP contribution in [0.1, 0.15) is 62.5 Å². The van der Waals surface area contributed by atoms with Crippen molar-refractivity contribution >= 4 is 35.0 Å². The zero-order valence-corrected chi connectivity index (χ0v) is 28.5. The second-order valence-corrected chi connectivity index (χ2v) is 14.5. The summed E-state index contributed by atoms with van der Waals surface area (Å²) in [6.45, 7) is 8.62. The summed E-state index contributed by atoms with van der Waals surface area (Å²) >= 11 is 0. The third kappa shape index (κ3) is 6.45. The number of amides is 2. The van der Waals surface area contributed by atoms with Gasteiger partial charge in [0, 0.05) is 50.9 Å². The number of allylic oxidation sites excluding steroid dienone is 2. The first-order valence-electron chi connectivity index (χ1n) is 15.6. The predicted molar refractivity (Wildman–Crippen MR) is 173 cm³/mol. The summed E-state index contributed by atoms with van der Waals surface area (Å²) < 4.78 is 5.15. The van der Waals surface area contributed by atoms with Gasteiger partial charge in [-0.15, -0.1) is 0 Å². The first-order valence-corrected chi connectivity index (χ1v) is 15.6. The maximum atomic E-state index is 14.4. The van der Waals surface area contributed by atoms with E-state index in [1.165, 1.54) is 18.7 Å². The first-order chi connectivity index (χ1) is 21.7. The van der Waals surface area contributed by atoms with Crippen LogP contribution in [-0.4, -0.2) is 101 Å². The maximum absolute atomic E-state index is 14.4. The van der Waals surface area contributed by atoms with E-state index in [9.17, 15) is 39.3 Å². The van der Waals surface area contributed by atoms with Gasteiger partial charge in [-0.1, -0.05) is 20.8 Å². The molecular formula is C34H46N4O9. The number of benzene rings is 1. The SMILES string of the molecule is CC(=O)OC(C)C(=O)N(Cc1cc(N(C)C)c2c(c1O)C(=O)C1=C(O)C3C(=O)C(C(N)=O)=C(O)[C@H](N(C)C)C3CC1C2)CC(C)(C)C. The van der Waals surface area contributed by atoms with Crippen LogP contribution in [0.3, 0.4) is 0 Å². The van der Waals surface area contributed by atoms with Crippen molar-refractivity contribution in [2.45, 2.75) is 66.2 Å². The molecule has 4 rings (SSSR count). The molecule has 2 amide bonds. The van der Waals surface area contributed by atoms with Crippen molar-refractivity contribution in [1.29, 1.82) is 0 Å². The minimum absolute atomic E-state index is 0.0296. The Morgan fingerprint density at radius 2 is 1.68 bits per heavy atom. The van der Waals surface area contributed by atoms with Gasteiger partial charge in [-0.3, -0.25) is 28.9 Å². The normalized spacial score (nSPS) is 23.2. The van der Waals surface area contributed by atoms with E-state index in [0.29, 0.717) is 11.3 Å². The molecule has 5 atom stereocenters. The molecule has 13 heteroatoms. The van der Waals surface area contributed by atoms with Gasteiger partial charge in [-0.2, -0.15) is 0 Å². The number of carbonyl (C=O) groups is 5. The number of hydrogen-bond donors (Lipinski definition) is 4. The third-order valence-corrected chi connectivity index (χ3v) is 9.13. The maximum Gasteiger partial charge on any atom is 0.303 e. The molecule has 0 saturated heterocycles. The van der Waals surface area contributed by atoms with E-state index in [4.69, 9.17) is 10.5 Å². The van der Waals surface area contributed by atoms with Crippen LogP contribution in [-0.2, 0) is 36.9 Å². The first kappa shape index (κ1) is 35.5. The van der Waals surface area contributed by atoms with Crippen molar-refractivity contribution in [3.63, 3.8) is 0 Å². The number of Topliss-reactive ketones (excluding diaryl/α,β-unsaturated/α-hetero) is 2. The van der Waals surface area contributed by atoms with Crippen LogP contribution in [0.4, 0.5) is 5.69 Å². The van der Waals surface area contributed by atoms with E-state index < -0.39 is 76.3 Å². The number of aliphatic hydroxyl groups is 2. The molecule has 0 spiro atoms. The number of nitrogens with two attached hydrogens (primary N) is 1. The number of phenols is 1. The summed E-state index contributed by atoms with van der Waals surface area (Å²) in [5.74, 6) is -7.56. The van der Waals surface area contributed by atoms with Crippen LogP contribution in [0.25, 0.3) is 0 Å². The Labute approximate surface area is 274 Å². The second kappa shape index (κ2) is 12.7. The lowest BCUT2D eigenvalue weighted by atomic mass is 9.60. The number of ketones is 2. The van der Waals surface area contributed by atoms with Crippen LogP contribution in [0, 0.1) is 23.2 Å². The number of ether oxygens (including phenoxy) is 1. The number of likely N-dealkylation sites (N-methyl/N-ethyl adjacent to an activating group) is 1. The largest absolute Gasteiger partial charge is 0.511 e. The molecule has 3 aliphatic carbocycles. The number of primary amides is 1. The van der Waals surface area contributed by atoms with E-state index in [1.54, 1.807) is 44.1 Å². The Morgan fingerprint density at radius 3 is 2.19 bits per heavy atom. The molecule has 0 heterocycles. The summed E-state index contributed by atoms with van der Waals surface area (Å²) in [6.07, 6.45) is -0.613. The zero-order valence-electron chi connectivity index (χ0n) is 28.5. The molecule has 256 valence electrons. The Bertz CT molecular complexity index is 1600. The number of fused-ring (bicyclic) bond motifs is 3. The summed E-state index contributed by atoms with van der Waals surface area (Å²) in [5.41, 5.74) is 5.86. The van der Waals surface area contributed by atoms with Crippen molar-refractivity contribution in [2.24, 2.45) is 28.9 Å². The van der Waals surface area contributed by atoms with Gasteiger partial charge >= 0.3 is 5.97 Å². The molecule has 0 saturated carbocycles. The fraction of sp³-hybridized carbons (Fsp3) is 0.559. The molecule has 0 bridgehead atoms. The molecule has 5 N–H and O–H groups in total. The number of esters is 1. The lowest BCUT2D eigenvalue weighted by molar-refractivity contribution is -0.158. The highest BCUT2D eigenvalue weighted by molar-refractivity contribution is 6.22. The topological polar surface area (TPSA) is 191 Å². The number of nitrogens with zero attached hydrogens (tertiary/aromatic N) is 3. The number of phenolic OH excluding ortho intramolecular Hbond substituents is 1. The van der Waals surface area contributed by atoms with Crippen LogP contribution >= 0.6 is 0 Å². The lowest BCUT2D eigenvalue weighted by Crippen LogP contribution is -2.53. The number of rotatable bonds is 8. The third-order valence-electron chi connectivity index (χ3n) is 9.13. The molecule has 0 aromatic heterocycles. The molecule has 0 aliphatic heterocycles. The minimum atomic E-state index is -1.29. The van der Waals surface area contributed by atoms with Gasteiger partial charge in [0.25, 0.3) is 11.8 Å². The smallest absolute Gasteiger partial charge is 0.303 e. The van der Waals surface area contributed by atoms with Gasteiger partial charge in [0.1, 0.15) is 22.8 Å². The number of hydrogen-bond acceptors (Lipinski definition) is 11. The van der Waals surface area contributed by atoms with Crippen molar-refractivity contribution in [1.82, 2.24) is 9.80 Å². The molecule has 1 aromatic rings. The fourth-order valence-electron chi connectivity index (χ4n) is 7.44.